The number of para-hydroxylation sites is 1. The third-order valence-electron chi connectivity index (χ3n) is 12.0. The van der Waals surface area contributed by atoms with Gasteiger partial charge in [0.2, 0.25) is 28.2 Å². The predicted molar refractivity (Wildman–Crippen MR) is 294 cm³/mol. The zero-order valence-corrected chi connectivity index (χ0v) is 51.0. The second kappa shape index (κ2) is 26.3. The number of nitro groups is 1. The average molecular weight is 1190 g/mol. The smallest absolute Gasteiger partial charge is 0.437 e. The van der Waals surface area contributed by atoms with Crippen LogP contribution in [-0.2, 0) is 52.7 Å². The zero-order valence-electron chi connectivity index (χ0n) is 50.2. The van der Waals surface area contributed by atoms with Gasteiger partial charge in [-0.05, 0) is 120 Å². The van der Waals surface area contributed by atoms with Crippen molar-refractivity contribution in [1.29, 1.82) is 0 Å². The van der Waals surface area contributed by atoms with Crippen LogP contribution in [-0.4, -0.2) is 191 Å². The molecule has 11 atom stereocenters. The first-order chi connectivity index (χ1) is 37.3. The lowest BCUT2D eigenvalue weighted by Gasteiger charge is -2.50. The van der Waals surface area contributed by atoms with E-state index in [1.807, 2.05) is 20.8 Å². The fraction of sp³-hybridized carbons (Fsp3) is 0.736. The fourth-order valence-corrected chi connectivity index (χ4v) is 10.1. The van der Waals surface area contributed by atoms with Crippen molar-refractivity contribution in [3.63, 3.8) is 0 Å². The van der Waals surface area contributed by atoms with Gasteiger partial charge in [-0.1, -0.05) is 32.9 Å². The Balaban J connectivity index is 1.92. The molecule has 3 aliphatic rings. The minimum Gasteiger partial charge on any atom is -0.466 e. The fourth-order valence-electron chi connectivity index (χ4n) is 8.86. The Morgan fingerprint density at radius 2 is 1.30 bits per heavy atom. The van der Waals surface area contributed by atoms with Gasteiger partial charge in [-0.3, -0.25) is 20.2 Å². The highest BCUT2D eigenvalue weighted by Gasteiger charge is 2.55. The largest absolute Gasteiger partial charge is 0.466 e. The van der Waals surface area contributed by atoms with Crippen LogP contribution < -0.4 is 21.3 Å². The molecule has 2 fully saturated rings. The number of carbonyl (C=O) groups excluding carboxylic acids is 5. The van der Waals surface area contributed by atoms with E-state index >= 15 is 0 Å². The minimum absolute atomic E-state index is 0.0464. The molecule has 0 spiro atoms. The van der Waals surface area contributed by atoms with Crippen molar-refractivity contribution in [1.82, 2.24) is 30.5 Å². The van der Waals surface area contributed by atoms with Crippen LogP contribution in [0.3, 0.4) is 0 Å². The number of hydrogen-bond acceptors (Lipinski definition) is 20. The molecular weight excluding hydrogens is 1100 g/mol. The highest BCUT2D eigenvalue weighted by atomic mass is 32.2. The molecule has 7 N–H and O–H groups in total. The molecule has 28 nitrogen and oxygen atoms in total. The van der Waals surface area contributed by atoms with Crippen molar-refractivity contribution in [2.45, 2.75) is 224 Å². The summed E-state index contributed by atoms with van der Waals surface area (Å²) in [6, 6.07) is -0.657. The Morgan fingerprint density at radius 3 is 1.85 bits per heavy atom. The van der Waals surface area contributed by atoms with E-state index in [1.54, 1.807) is 83.1 Å². The van der Waals surface area contributed by atoms with Crippen molar-refractivity contribution in [3.8, 4) is 0 Å². The van der Waals surface area contributed by atoms with E-state index in [9.17, 15) is 57.8 Å². The van der Waals surface area contributed by atoms with Crippen LogP contribution in [0.25, 0.3) is 0 Å². The molecule has 1 aliphatic carbocycles. The Hall–Kier alpha value is -5.95. The molecule has 29 heteroatoms. The first kappa shape index (κ1) is 68.5. The first-order valence-electron chi connectivity index (χ1n) is 26.7. The van der Waals surface area contributed by atoms with E-state index in [0.717, 1.165) is 28.4 Å². The van der Waals surface area contributed by atoms with Crippen LogP contribution in [0.2, 0.25) is 0 Å². The number of nitro benzene ring substituents is 1. The van der Waals surface area contributed by atoms with Crippen molar-refractivity contribution >= 4 is 52.0 Å². The molecule has 0 radical (unpaired) electrons. The van der Waals surface area contributed by atoms with E-state index in [0.29, 0.717) is 0 Å². The molecule has 0 aromatic heterocycles. The Bertz CT molecular complexity index is 2630. The number of hydrogen-bond donors (Lipinski definition) is 7. The van der Waals surface area contributed by atoms with Gasteiger partial charge in [-0.2, -0.15) is 4.31 Å². The highest BCUT2D eigenvalue weighted by Crippen LogP contribution is 2.36. The molecule has 1 saturated heterocycles. The number of ether oxygens (including phenoxy) is 8. The van der Waals surface area contributed by atoms with Crippen LogP contribution in [0.5, 0.6) is 0 Å². The van der Waals surface area contributed by atoms with Crippen LogP contribution in [0.1, 0.15) is 130 Å². The van der Waals surface area contributed by atoms with Gasteiger partial charge in [0, 0.05) is 26.6 Å². The first-order valence-corrected chi connectivity index (χ1v) is 28.1. The molecule has 82 heavy (non-hydrogen) atoms. The summed E-state index contributed by atoms with van der Waals surface area (Å²) in [6.45, 7) is 24.8. The molecule has 2 heterocycles. The Labute approximate surface area is 479 Å². The lowest BCUT2D eigenvalue weighted by atomic mass is 9.82. The number of carbonyl (C=O) groups is 5. The summed E-state index contributed by atoms with van der Waals surface area (Å²) in [6.07, 6.45) is -14.1. The summed E-state index contributed by atoms with van der Waals surface area (Å²) in [5.74, 6) is -1.20. The highest BCUT2D eigenvalue weighted by molar-refractivity contribution is 7.89. The van der Waals surface area contributed by atoms with Crippen LogP contribution in [0.4, 0.5) is 24.9 Å². The molecule has 0 bridgehead atoms. The molecule has 1 aromatic rings. The van der Waals surface area contributed by atoms with Crippen molar-refractivity contribution in [2.24, 2.45) is 10.4 Å². The summed E-state index contributed by atoms with van der Waals surface area (Å²) in [5, 5.41) is 59.4. The second-order valence-corrected chi connectivity index (χ2v) is 27.9. The number of nitrogens with one attached hydrogen (secondary N) is 4. The predicted octanol–water partition coefficient (Wildman–Crippen LogP) is 4.67. The number of aliphatic hydroxyl groups is 3. The molecule has 4 rings (SSSR count). The maximum Gasteiger partial charge on any atom is 0.437 e. The van der Waals surface area contributed by atoms with Gasteiger partial charge in [0.1, 0.15) is 58.2 Å². The number of likely N-dealkylation sites (N-methyl/N-ethyl adjacent to an activating group) is 2. The van der Waals surface area contributed by atoms with Gasteiger partial charge >= 0.3 is 24.4 Å². The van der Waals surface area contributed by atoms with Gasteiger partial charge in [-0.25, -0.2) is 27.6 Å². The molecule has 5 amide bonds. The maximum atomic E-state index is 14.0. The number of amides is 5. The van der Waals surface area contributed by atoms with Crippen molar-refractivity contribution in [3.05, 3.63) is 46.2 Å². The summed E-state index contributed by atoms with van der Waals surface area (Å²) in [4.78, 5) is 83.2. The topological polar surface area (TPSA) is 364 Å². The number of rotatable bonds is 14. The average Bonchev–Trinajstić information content (AvgIpc) is 3.27. The summed E-state index contributed by atoms with van der Waals surface area (Å²) in [7, 11) is -2.19. The molecule has 0 unspecified atom stereocenters. The molecular formula is C53H86N8O20S. The SMILES string of the molecule is CN(C(=O)OC(C)(C)C)[C@@H]1[C@@H](O)[C@@H](O[C@@H]2[C@@H](O)[C@H](O[C@H]3OC(CN(C)S(=O)(=O)c4ccccc4[N+](=O)[O-])=CC[C@H]3N/C(=N/C(=O)OC(C)(C)C)NC(=O)OC(C)(C)C)[C@@H](NC(=O)OC(C)(C)C)C[C@H]2NC(=O)CC(C)(C)C)OC[C@]1(C)O. The minimum atomic E-state index is -4.62. The zero-order chi connectivity index (χ0) is 62.5. The van der Waals surface area contributed by atoms with Gasteiger partial charge < -0.3 is 74.1 Å². The summed E-state index contributed by atoms with van der Waals surface area (Å²) < 4.78 is 76.4. The lowest BCUT2D eigenvalue weighted by molar-refractivity contribution is -0.387. The number of aliphatic hydroxyl groups excluding tert-OH is 2. The third-order valence-corrected chi connectivity index (χ3v) is 13.9. The van der Waals surface area contributed by atoms with E-state index in [4.69, 9.17) is 37.9 Å². The van der Waals surface area contributed by atoms with Gasteiger partial charge in [0.15, 0.2) is 11.2 Å². The molecule has 1 saturated carbocycles. The lowest BCUT2D eigenvalue weighted by Crippen LogP contribution is -2.70. The van der Waals surface area contributed by atoms with Crippen LogP contribution in [0, 0.1) is 15.5 Å². The molecule has 1 aromatic carbocycles. The third kappa shape index (κ3) is 20.4. The number of sulfonamides is 1. The molecule has 2 aliphatic heterocycles. The number of guanidine groups is 1. The van der Waals surface area contributed by atoms with Gasteiger partial charge in [0.25, 0.3) is 5.69 Å². The van der Waals surface area contributed by atoms with E-state index in [1.165, 1.54) is 32.2 Å². The van der Waals surface area contributed by atoms with Crippen LogP contribution in [0.15, 0.2) is 46.0 Å². The van der Waals surface area contributed by atoms with Gasteiger partial charge in [0.05, 0.1) is 42.2 Å². The molecule has 464 valence electrons. The summed E-state index contributed by atoms with van der Waals surface area (Å²) in [5.41, 5.74) is -7.36. The van der Waals surface area contributed by atoms with Crippen molar-refractivity contribution < 1.29 is 90.5 Å². The Kier molecular flexibility index (Phi) is 22.0. The number of aliphatic imine (C=N–C) groups is 1. The Morgan fingerprint density at radius 1 is 0.768 bits per heavy atom. The van der Waals surface area contributed by atoms with E-state index in [2.05, 4.69) is 26.3 Å². The summed E-state index contributed by atoms with van der Waals surface area (Å²) >= 11 is 0. The second-order valence-electron chi connectivity index (χ2n) is 25.9. The van der Waals surface area contributed by atoms with Crippen LogP contribution >= 0.6 is 0 Å². The standard InChI is InChI=1S/C53H86N8O20S/c1-48(2,3)26-35(62)54-31-25-32(56-44(65)78-49(4,5)6)39(36(63)38(31)77-42-37(64)40(53(16,69)28-74-42)60(18)47(68)81-52(13,14)15)76-41-30(55-43(57-45(66)79-50(7,8)9)58-46(67)80-51(10,11)12)24-23-29(75-41)27-59(17)82(72,73)34-22-20-19-21-33(34)61(70)71/h19-23,30-32,36-42,63-64,69H,24-28H2,1-18H3,(H,54,62)(H,56,65)(H2,55,57,58,66,67)/t30-,31-,32+,36-,37-,38+,39-,40-,41-,42-,53+/m1/s1. The van der Waals surface area contributed by atoms with E-state index in [-0.39, 0.29) is 25.0 Å². The monoisotopic (exact) mass is 1190 g/mol. The number of alkyl carbamates (subject to hydrolysis) is 2. The normalized spacial score (nSPS) is 26.7. The maximum absolute atomic E-state index is 14.0. The van der Waals surface area contributed by atoms with E-state index < -0.39 is 170 Å². The van der Waals surface area contributed by atoms with Crippen molar-refractivity contribution in [2.75, 3.05) is 27.2 Å². The number of benzene rings is 1. The quantitative estimate of drug-likeness (QED) is 0.0437. The number of nitrogens with zero attached hydrogens (tertiary/aromatic N) is 4. The van der Waals surface area contributed by atoms with Gasteiger partial charge in [-0.15, -0.1) is 4.99 Å².